The van der Waals surface area contributed by atoms with Crippen molar-refractivity contribution in [2.24, 2.45) is 5.92 Å². The van der Waals surface area contributed by atoms with E-state index in [1.165, 1.54) is 5.56 Å². The van der Waals surface area contributed by atoms with Gasteiger partial charge in [-0.25, -0.2) is 9.97 Å². The Hall–Kier alpha value is -1.00. The molecule has 0 aliphatic heterocycles. The Kier molecular flexibility index (Phi) is 7.83. The Labute approximate surface area is 129 Å². The summed E-state index contributed by atoms with van der Waals surface area (Å²) >= 11 is 0. The zero-order chi connectivity index (χ0) is 15.8. The molecule has 4 nitrogen and oxygen atoms in total. The van der Waals surface area contributed by atoms with Crippen LogP contribution in [0.5, 0.6) is 0 Å². The van der Waals surface area contributed by atoms with Gasteiger partial charge in [-0.2, -0.15) is 0 Å². The molecule has 0 saturated heterocycles. The van der Waals surface area contributed by atoms with Crippen LogP contribution in [0.25, 0.3) is 0 Å². The van der Waals surface area contributed by atoms with Crippen molar-refractivity contribution >= 4 is 0 Å². The summed E-state index contributed by atoms with van der Waals surface area (Å²) < 4.78 is 5.82. The number of hydrogen-bond acceptors (Lipinski definition) is 4. The molecule has 0 amide bonds. The zero-order valence-corrected chi connectivity index (χ0v) is 14.5. The minimum atomic E-state index is -0.0142. The highest BCUT2D eigenvalue weighted by Gasteiger charge is 2.21. The Morgan fingerprint density at radius 1 is 1.05 bits per heavy atom. The van der Waals surface area contributed by atoms with Crippen LogP contribution in [0.4, 0.5) is 0 Å². The van der Waals surface area contributed by atoms with Gasteiger partial charge in [0, 0.05) is 18.0 Å². The van der Waals surface area contributed by atoms with Crippen LogP contribution in [0.1, 0.15) is 63.0 Å². The van der Waals surface area contributed by atoms with E-state index in [1.807, 2.05) is 6.92 Å². The molecular weight excluding hydrogens is 262 g/mol. The third-order valence-corrected chi connectivity index (χ3v) is 3.62. The van der Waals surface area contributed by atoms with Crippen LogP contribution in [-0.4, -0.2) is 29.7 Å². The summed E-state index contributed by atoms with van der Waals surface area (Å²) in [6, 6.07) is 0. The highest BCUT2D eigenvalue weighted by atomic mass is 16.5. The van der Waals surface area contributed by atoms with Crippen LogP contribution < -0.4 is 5.32 Å². The first-order valence-electron chi connectivity index (χ1n) is 8.17. The van der Waals surface area contributed by atoms with Crippen molar-refractivity contribution in [1.82, 2.24) is 15.3 Å². The average molecular weight is 293 g/mol. The van der Waals surface area contributed by atoms with E-state index in [-0.39, 0.29) is 6.10 Å². The summed E-state index contributed by atoms with van der Waals surface area (Å²) in [4.78, 5) is 9.42. The van der Waals surface area contributed by atoms with Crippen LogP contribution in [-0.2, 0) is 11.2 Å². The van der Waals surface area contributed by atoms with E-state index < -0.39 is 0 Å². The molecule has 120 valence electrons. The van der Waals surface area contributed by atoms with Gasteiger partial charge >= 0.3 is 0 Å². The lowest BCUT2D eigenvalue weighted by molar-refractivity contribution is 0.0229. The molecule has 0 aliphatic carbocycles. The zero-order valence-electron chi connectivity index (χ0n) is 14.5. The van der Waals surface area contributed by atoms with Gasteiger partial charge in [0.2, 0.25) is 0 Å². The first-order valence-corrected chi connectivity index (χ1v) is 8.17. The van der Waals surface area contributed by atoms with Crippen LogP contribution in [0.2, 0.25) is 0 Å². The quantitative estimate of drug-likeness (QED) is 0.709. The number of nitrogens with zero attached hydrogens (tertiary/aromatic N) is 2. The van der Waals surface area contributed by atoms with Crippen LogP contribution in [0.15, 0.2) is 0 Å². The van der Waals surface area contributed by atoms with Gasteiger partial charge in [-0.15, -0.1) is 0 Å². The van der Waals surface area contributed by atoms with Crippen molar-refractivity contribution in [3.63, 3.8) is 0 Å². The topological polar surface area (TPSA) is 47.0 Å². The molecule has 0 saturated carbocycles. The number of nitrogens with one attached hydrogen (secondary N) is 1. The first-order chi connectivity index (χ1) is 10.0. The van der Waals surface area contributed by atoms with Crippen molar-refractivity contribution in [1.29, 1.82) is 0 Å². The molecule has 0 bridgehead atoms. The molecule has 1 unspecified atom stereocenters. The van der Waals surface area contributed by atoms with Gasteiger partial charge in [0.1, 0.15) is 6.10 Å². The lowest BCUT2D eigenvalue weighted by atomic mass is 10.0. The predicted molar refractivity (Wildman–Crippen MR) is 87.6 cm³/mol. The lowest BCUT2D eigenvalue weighted by Gasteiger charge is -2.21. The van der Waals surface area contributed by atoms with Crippen molar-refractivity contribution in [3.8, 4) is 0 Å². The van der Waals surface area contributed by atoms with Gasteiger partial charge in [0.15, 0.2) is 5.82 Å². The van der Waals surface area contributed by atoms with Crippen LogP contribution in [0.3, 0.4) is 0 Å². The van der Waals surface area contributed by atoms with Crippen molar-refractivity contribution in [3.05, 3.63) is 22.8 Å². The molecule has 21 heavy (non-hydrogen) atoms. The Balaban J connectivity index is 2.87. The third-order valence-electron chi connectivity index (χ3n) is 3.62. The normalized spacial score (nSPS) is 12.9. The molecule has 1 heterocycles. The smallest absolute Gasteiger partial charge is 0.157 e. The minimum Gasteiger partial charge on any atom is -0.370 e. The molecule has 1 aromatic rings. The van der Waals surface area contributed by atoms with Gasteiger partial charge in [-0.3, -0.25) is 0 Å². The number of hydrogen-bond donors (Lipinski definition) is 1. The molecule has 1 N–H and O–H groups in total. The maximum atomic E-state index is 5.82. The Morgan fingerprint density at radius 3 is 2.14 bits per heavy atom. The maximum absolute atomic E-state index is 5.82. The maximum Gasteiger partial charge on any atom is 0.157 e. The van der Waals surface area contributed by atoms with Gasteiger partial charge in [0.25, 0.3) is 0 Å². The fourth-order valence-electron chi connectivity index (χ4n) is 2.51. The first kappa shape index (κ1) is 18.1. The van der Waals surface area contributed by atoms with Gasteiger partial charge < -0.3 is 10.1 Å². The Bertz CT molecular complexity index is 409. The van der Waals surface area contributed by atoms with Crippen molar-refractivity contribution in [2.45, 2.75) is 60.5 Å². The highest BCUT2D eigenvalue weighted by Crippen LogP contribution is 2.24. The summed E-state index contributed by atoms with van der Waals surface area (Å²) in [5.74, 6) is 1.20. The van der Waals surface area contributed by atoms with E-state index in [4.69, 9.17) is 14.7 Å². The molecule has 1 rings (SSSR count). The minimum absolute atomic E-state index is 0.0142. The molecule has 1 aromatic heterocycles. The summed E-state index contributed by atoms with van der Waals surface area (Å²) in [6.07, 6.45) is 2.14. The molecule has 0 aromatic carbocycles. The summed E-state index contributed by atoms with van der Waals surface area (Å²) in [6.45, 7) is 15.4. The van der Waals surface area contributed by atoms with Crippen LogP contribution >= 0.6 is 0 Å². The number of aryl methyl sites for hydroxylation is 2. The van der Waals surface area contributed by atoms with Gasteiger partial charge in [0.05, 0.1) is 0 Å². The monoisotopic (exact) mass is 293 g/mol. The van der Waals surface area contributed by atoms with E-state index in [1.54, 1.807) is 0 Å². The lowest BCUT2D eigenvalue weighted by Crippen LogP contribution is -2.21. The van der Waals surface area contributed by atoms with E-state index in [0.29, 0.717) is 12.5 Å². The van der Waals surface area contributed by atoms with Crippen molar-refractivity contribution in [2.75, 3.05) is 19.7 Å². The standard InChI is InChI=1S/C17H31N3O/c1-7-10-18-11-9-15-13(5)19-17(20-14(15)6)16(12(3)4)21-8-2/h12,16,18H,7-11H2,1-6H3. The average Bonchev–Trinajstić information content (AvgIpc) is 2.42. The molecule has 1 atom stereocenters. The summed E-state index contributed by atoms with van der Waals surface area (Å²) in [7, 11) is 0. The molecule has 0 spiro atoms. The second kappa shape index (κ2) is 9.11. The fraction of sp³-hybridized carbons (Fsp3) is 0.765. The van der Waals surface area contributed by atoms with E-state index in [9.17, 15) is 0 Å². The second-order valence-electron chi connectivity index (χ2n) is 5.85. The van der Waals surface area contributed by atoms with Crippen molar-refractivity contribution < 1.29 is 4.74 Å². The molecule has 0 aliphatic rings. The summed E-state index contributed by atoms with van der Waals surface area (Å²) in [5, 5.41) is 3.43. The number of rotatable bonds is 9. The predicted octanol–water partition coefficient (Wildman–Crippen LogP) is 3.37. The number of ether oxygens (including phenoxy) is 1. The second-order valence-corrected chi connectivity index (χ2v) is 5.85. The van der Waals surface area contributed by atoms with Crippen LogP contribution in [0, 0.1) is 19.8 Å². The summed E-state index contributed by atoms with van der Waals surface area (Å²) in [5.41, 5.74) is 3.43. The largest absolute Gasteiger partial charge is 0.370 e. The fourth-order valence-corrected chi connectivity index (χ4v) is 2.51. The number of aromatic nitrogens is 2. The third kappa shape index (κ3) is 5.36. The molecule has 0 fully saturated rings. The molecular formula is C17H31N3O. The van der Waals surface area contributed by atoms with Gasteiger partial charge in [-0.1, -0.05) is 20.8 Å². The highest BCUT2D eigenvalue weighted by molar-refractivity contribution is 5.25. The Morgan fingerprint density at radius 2 is 1.67 bits per heavy atom. The SMILES string of the molecule is CCCNCCc1c(C)nc(C(OCC)C(C)C)nc1C. The molecule has 0 radical (unpaired) electrons. The van der Waals surface area contributed by atoms with E-state index >= 15 is 0 Å². The molecule has 4 heteroatoms. The van der Waals surface area contributed by atoms with E-state index in [0.717, 1.165) is 43.1 Å². The van der Waals surface area contributed by atoms with Gasteiger partial charge in [-0.05, 0) is 58.2 Å². The van der Waals surface area contributed by atoms with E-state index in [2.05, 4.69) is 39.9 Å².